The van der Waals surface area contributed by atoms with Crippen molar-refractivity contribution < 1.29 is 0 Å². The molecule has 0 heterocycles. The lowest BCUT2D eigenvalue weighted by molar-refractivity contribution is 1.51. The van der Waals surface area contributed by atoms with Crippen LogP contribution in [0, 0.1) is 6.92 Å². The summed E-state index contributed by atoms with van der Waals surface area (Å²) in [6.45, 7) is 2.20. The van der Waals surface area contributed by atoms with Gasteiger partial charge < -0.3 is 0 Å². The van der Waals surface area contributed by atoms with Crippen LogP contribution in [0.1, 0.15) is 5.56 Å². The lowest BCUT2D eigenvalue weighted by Crippen LogP contribution is -1.80. The summed E-state index contributed by atoms with van der Waals surface area (Å²) in [7, 11) is 0. The number of benzene rings is 2. The van der Waals surface area contributed by atoms with Gasteiger partial charge >= 0.3 is 0 Å². The van der Waals surface area contributed by atoms with Gasteiger partial charge in [0.15, 0.2) is 0 Å². The van der Waals surface area contributed by atoms with Gasteiger partial charge in [0, 0.05) is 0 Å². The molecule has 2 aromatic carbocycles. The van der Waals surface area contributed by atoms with E-state index in [9.17, 15) is 0 Å². The maximum absolute atomic E-state index is 2.32. The number of rotatable bonds is 2. The van der Waals surface area contributed by atoms with Gasteiger partial charge in [-0.05, 0) is 51.9 Å². The first kappa shape index (κ1) is 13.8. The molecule has 0 aliphatic heterocycles. The van der Waals surface area contributed by atoms with Gasteiger partial charge in [-0.15, -0.1) is 0 Å². The van der Waals surface area contributed by atoms with E-state index in [1.54, 1.807) is 0 Å². The van der Waals surface area contributed by atoms with Crippen LogP contribution < -0.4 is 0 Å². The zero-order valence-electron chi connectivity index (χ0n) is 13.2. The molecule has 23 heavy (non-hydrogen) atoms. The van der Waals surface area contributed by atoms with E-state index in [2.05, 4.69) is 97.9 Å². The van der Waals surface area contributed by atoms with Crippen molar-refractivity contribution in [2.75, 3.05) is 0 Å². The zero-order chi connectivity index (χ0) is 15.6. The van der Waals surface area contributed by atoms with E-state index in [0.717, 1.165) is 0 Å². The van der Waals surface area contributed by atoms with E-state index < -0.39 is 0 Å². The Labute approximate surface area is 137 Å². The maximum Gasteiger partial charge on any atom is -0.00991 e. The van der Waals surface area contributed by atoms with Gasteiger partial charge in [0.05, 0.1) is 0 Å². The van der Waals surface area contributed by atoms with E-state index in [4.69, 9.17) is 0 Å². The Morgan fingerprint density at radius 3 is 1.74 bits per heavy atom. The standard InChI is InChI=1S/C23H18/c1-17-15-20(18-9-4-2-5-10-18)16-23(19-11-6-3-7-12-19)22-14-8-13-21(17)22/h2-16H,1H3. The molecule has 110 valence electrons. The Morgan fingerprint density at radius 1 is 0.435 bits per heavy atom. The van der Waals surface area contributed by atoms with E-state index in [0.29, 0.717) is 0 Å². The number of hydrogen-bond acceptors (Lipinski definition) is 0. The molecule has 0 heteroatoms. The molecule has 0 saturated heterocycles. The molecule has 0 saturated carbocycles. The van der Waals surface area contributed by atoms with Crippen LogP contribution in [-0.4, -0.2) is 0 Å². The predicted molar refractivity (Wildman–Crippen MR) is 98.7 cm³/mol. The highest BCUT2D eigenvalue weighted by Crippen LogP contribution is 2.38. The topological polar surface area (TPSA) is 0 Å². The molecule has 2 aliphatic rings. The fourth-order valence-corrected chi connectivity index (χ4v) is 3.24. The van der Waals surface area contributed by atoms with E-state index in [-0.39, 0.29) is 0 Å². The minimum absolute atomic E-state index is 1.26. The Morgan fingerprint density at radius 2 is 1.04 bits per heavy atom. The second kappa shape index (κ2) is 5.73. The molecule has 0 amide bonds. The van der Waals surface area contributed by atoms with Crippen LogP contribution in [0.3, 0.4) is 0 Å². The Balaban J connectivity index is 2.04. The Kier molecular flexibility index (Phi) is 3.44. The molecular formula is C23H18. The minimum atomic E-state index is 1.26. The van der Waals surface area contributed by atoms with Crippen LogP contribution in [0.15, 0.2) is 91.0 Å². The molecule has 0 aromatic heterocycles. The largest absolute Gasteiger partial charge is 0.0622 e. The van der Waals surface area contributed by atoms with Crippen LogP contribution in [-0.2, 0) is 0 Å². The molecule has 0 spiro atoms. The van der Waals surface area contributed by atoms with Gasteiger partial charge in [-0.1, -0.05) is 84.9 Å². The van der Waals surface area contributed by atoms with Crippen molar-refractivity contribution in [3.05, 3.63) is 96.6 Å². The molecular weight excluding hydrogens is 276 g/mol. The van der Waals surface area contributed by atoms with Crippen LogP contribution in [0.25, 0.3) is 33.4 Å². The van der Waals surface area contributed by atoms with Crippen LogP contribution >= 0.6 is 0 Å². The third-order valence-electron chi connectivity index (χ3n) is 4.39. The average molecular weight is 294 g/mol. The molecule has 2 aliphatic carbocycles. The van der Waals surface area contributed by atoms with Crippen molar-refractivity contribution in [1.82, 2.24) is 0 Å². The Hall–Kier alpha value is -2.86. The molecule has 0 fully saturated rings. The average Bonchev–Trinajstić information content (AvgIpc) is 3.04. The summed E-state index contributed by atoms with van der Waals surface area (Å²) in [6, 6.07) is 32.4. The SMILES string of the molecule is Cc1cc(-c2ccccc2)cc(-c2ccccc2)c2cccc1-2. The highest BCUT2D eigenvalue weighted by Gasteiger charge is 2.12. The monoisotopic (exact) mass is 294 g/mol. The van der Waals surface area contributed by atoms with Gasteiger partial charge in [0.25, 0.3) is 0 Å². The quantitative estimate of drug-likeness (QED) is 0.399. The summed E-state index contributed by atoms with van der Waals surface area (Å²) < 4.78 is 0. The molecule has 0 nitrogen and oxygen atoms in total. The van der Waals surface area contributed by atoms with Gasteiger partial charge in [0.1, 0.15) is 0 Å². The minimum Gasteiger partial charge on any atom is -0.0622 e. The summed E-state index contributed by atoms with van der Waals surface area (Å²) in [5.74, 6) is 0. The molecule has 0 unspecified atom stereocenters. The van der Waals surface area contributed by atoms with Gasteiger partial charge in [0.2, 0.25) is 0 Å². The molecule has 0 bridgehead atoms. The second-order valence-corrected chi connectivity index (χ2v) is 5.93. The molecule has 0 N–H and O–H groups in total. The lowest BCUT2D eigenvalue weighted by atomic mass is 9.98. The summed E-state index contributed by atoms with van der Waals surface area (Å²) >= 11 is 0. The van der Waals surface area contributed by atoms with Crippen molar-refractivity contribution >= 4 is 0 Å². The summed E-state index contributed by atoms with van der Waals surface area (Å²) in [4.78, 5) is 0. The molecule has 2 aromatic rings. The van der Waals surface area contributed by atoms with E-state index in [1.165, 1.54) is 38.9 Å². The van der Waals surface area contributed by atoms with Crippen LogP contribution in [0.4, 0.5) is 0 Å². The maximum atomic E-state index is 2.32. The zero-order valence-corrected chi connectivity index (χ0v) is 13.2. The van der Waals surface area contributed by atoms with Crippen molar-refractivity contribution in [2.24, 2.45) is 0 Å². The third kappa shape index (κ3) is 2.53. The van der Waals surface area contributed by atoms with Gasteiger partial charge in [-0.2, -0.15) is 0 Å². The van der Waals surface area contributed by atoms with Crippen LogP contribution in [0.2, 0.25) is 0 Å². The number of fused-ring (bicyclic) bond motifs is 1. The summed E-state index contributed by atoms with van der Waals surface area (Å²) in [6.07, 6.45) is 0. The first-order valence-corrected chi connectivity index (χ1v) is 7.97. The van der Waals surface area contributed by atoms with E-state index in [1.807, 2.05) is 0 Å². The van der Waals surface area contributed by atoms with Crippen molar-refractivity contribution in [3.8, 4) is 33.4 Å². The first-order chi connectivity index (χ1) is 11.3. The second-order valence-electron chi connectivity index (χ2n) is 5.93. The summed E-state index contributed by atoms with van der Waals surface area (Å²) in [5.41, 5.74) is 9.02. The molecule has 0 atom stereocenters. The molecule has 0 radical (unpaired) electrons. The number of hydrogen-bond donors (Lipinski definition) is 0. The van der Waals surface area contributed by atoms with E-state index >= 15 is 0 Å². The van der Waals surface area contributed by atoms with Crippen LogP contribution in [0.5, 0.6) is 0 Å². The van der Waals surface area contributed by atoms with Crippen molar-refractivity contribution in [1.29, 1.82) is 0 Å². The number of aryl methyl sites for hydroxylation is 1. The highest BCUT2D eigenvalue weighted by atomic mass is 14.2. The smallest absolute Gasteiger partial charge is 0.00991 e. The molecule has 4 rings (SSSR count). The van der Waals surface area contributed by atoms with Gasteiger partial charge in [-0.3, -0.25) is 0 Å². The fraction of sp³-hybridized carbons (Fsp3) is 0.0435. The third-order valence-corrected chi connectivity index (χ3v) is 4.39. The van der Waals surface area contributed by atoms with Crippen molar-refractivity contribution in [2.45, 2.75) is 6.92 Å². The normalized spacial score (nSPS) is 10.8. The first-order valence-electron chi connectivity index (χ1n) is 7.97. The predicted octanol–water partition coefficient (Wildman–Crippen LogP) is 6.43. The summed E-state index contributed by atoms with van der Waals surface area (Å²) in [5, 5.41) is 0. The Bertz CT molecular complexity index is 905. The van der Waals surface area contributed by atoms with Crippen molar-refractivity contribution in [3.63, 3.8) is 0 Å². The highest BCUT2D eigenvalue weighted by molar-refractivity contribution is 5.89. The lowest BCUT2D eigenvalue weighted by Gasteiger charge is -2.06. The van der Waals surface area contributed by atoms with Gasteiger partial charge in [-0.25, -0.2) is 0 Å². The fourth-order valence-electron chi connectivity index (χ4n) is 3.24.